The Bertz CT molecular complexity index is 3710. The summed E-state index contributed by atoms with van der Waals surface area (Å²) in [6.45, 7) is 13.1. The van der Waals surface area contributed by atoms with Crippen molar-refractivity contribution in [3.8, 4) is 50.9 Å². The molecule has 0 aliphatic rings. The SMILES string of the molecule is [2H]c1c([2H])c([2H])c(-c2cccc(-c3c([2H])c([2H])c([2H])c([2H])c3[2H])c2-[n+]2[c-]n(-c3[c-]c(Oc4[c-]c5c(cc4)c4cc(C(C)(C)C)ccc4n5-c4cc(C(C)(C)C)ccn4)ccc3)c3ccccc32)c([2H])c1[2H].[Pt]. The molecule has 0 aliphatic carbocycles. The van der Waals surface area contributed by atoms with Crippen molar-refractivity contribution in [2.75, 3.05) is 0 Å². The van der Waals surface area contributed by atoms with Crippen LogP contribution in [-0.2, 0) is 31.9 Å². The molecule has 3 aromatic heterocycles. The molecule has 5 nitrogen and oxygen atoms in total. The first-order valence-corrected chi connectivity index (χ1v) is 20.1. The van der Waals surface area contributed by atoms with Crippen LogP contribution in [0.15, 0.2) is 170 Å². The number of imidazole rings is 1. The van der Waals surface area contributed by atoms with Gasteiger partial charge in [-0.05, 0) is 73.5 Å². The van der Waals surface area contributed by atoms with Gasteiger partial charge in [0.15, 0.2) is 0 Å². The number of para-hydroxylation sites is 3. The summed E-state index contributed by atoms with van der Waals surface area (Å²) in [5, 5.41) is 2.06. The van der Waals surface area contributed by atoms with Crippen molar-refractivity contribution in [1.82, 2.24) is 14.1 Å². The van der Waals surface area contributed by atoms with Crippen molar-refractivity contribution >= 4 is 32.8 Å². The molecule has 6 heteroatoms. The number of hydrogen-bond donors (Lipinski definition) is 0. The normalized spacial score (nSPS) is 14.2. The van der Waals surface area contributed by atoms with E-state index in [1.807, 2.05) is 60.8 Å². The van der Waals surface area contributed by atoms with Gasteiger partial charge in [-0.1, -0.05) is 162 Å². The monoisotopic (exact) mass is 995 g/mol. The van der Waals surface area contributed by atoms with E-state index in [1.54, 1.807) is 33.4 Å². The summed E-state index contributed by atoms with van der Waals surface area (Å²) in [5.41, 5.74) is 5.75. The zero-order valence-corrected chi connectivity index (χ0v) is 37.2. The number of pyridine rings is 1. The molecule has 7 aromatic carbocycles. The van der Waals surface area contributed by atoms with Crippen LogP contribution in [0, 0.1) is 18.5 Å². The summed E-state index contributed by atoms with van der Waals surface area (Å²) in [6.07, 6.45) is 5.25. The van der Waals surface area contributed by atoms with Crippen LogP contribution >= 0.6 is 0 Å². The van der Waals surface area contributed by atoms with Crippen molar-refractivity contribution in [3.63, 3.8) is 0 Å². The minimum Gasteiger partial charge on any atom is -0.510 e. The number of aromatic nitrogens is 4. The van der Waals surface area contributed by atoms with Crippen LogP contribution in [-0.4, -0.2) is 14.1 Å². The molecular weight excluding hydrogens is 940 g/mol. The van der Waals surface area contributed by atoms with Crippen molar-refractivity contribution in [3.05, 3.63) is 199 Å². The standard InChI is InChI=1S/C56H46N4O.Pt/c1-55(2,3)40-27-30-49-48(33-40)47-29-28-44(36-52(47)60(49)53-34-41(31-32-57-53)56(4,5)6)61-43-22-15-21-42(35-43)58-37-59(51-26-14-13-25-50(51)58)54-45(38-17-9-7-10-18-38)23-16-24-46(54)39-19-11-8-12-20-39;/h7-34H,1-6H3;/q-2;/i7D,8D,9D,10D,11D,12D,17D,18D,19D,20D;. The summed E-state index contributed by atoms with van der Waals surface area (Å²) in [6, 6.07) is 33.8. The smallest absolute Gasteiger partial charge is 0.268 e. The van der Waals surface area contributed by atoms with Gasteiger partial charge in [0, 0.05) is 44.3 Å². The molecule has 0 amide bonds. The molecule has 0 saturated heterocycles. The Kier molecular flexibility index (Phi) is 7.89. The van der Waals surface area contributed by atoms with Crippen molar-refractivity contribution < 1.29 is 44.1 Å². The molecule has 0 unspecified atom stereocenters. The second-order valence-corrected chi connectivity index (χ2v) is 17.0. The first-order valence-electron chi connectivity index (χ1n) is 25.1. The average molecular weight is 996 g/mol. The molecule has 0 saturated carbocycles. The van der Waals surface area contributed by atoms with Gasteiger partial charge < -0.3 is 13.9 Å². The summed E-state index contributed by atoms with van der Waals surface area (Å²) in [5.74, 6) is 1.56. The molecule has 0 bridgehead atoms. The molecule has 62 heavy (non-hydrogen) atoms. The van der Waals surface area contributed by atoms with E-state index in [0.717, 1.165) is 33.2 Å². The quantitative estimate of drug-likeness (QED) is 0.118. The second kappa shape index (κ2) is 16.0. The molecule has 3 heterocycles. The number of rotatable bonds is 7. The Morgan fingerprint density at radius 3 is 1.95 bits per heavy atom. The summed E-state index contributed by atoms with van der Waals surface area (Å²) >= 11 is 0. The van der Waals surface area contributed by atoms with Gasteiger partial charge in [0.2, 0.25) is 0 Å². The van der Waals surface area contributed by atoms with Gasteiger partial charge in [-0.25, -0.2) is 4.98 Å². The number of benzene rings is 7. The fourth-order valence-corrected chi connectivity index (χ4v) is 7.80. The van der Waals surface area contributed by atoms with Crippen LogP contribution in [0.2, 0.25) is 0 Å². The number of fused-ring (bicyclic) bond motifs is 4. The van der Waals surface area contributed by atoms with Crippen molar-refractivity contribution in [2.45, 2.75) is 52.4 Å². The molecule has 0 spiro atoms. The van der Waals surface area contributed by atoms with E-state index in [0.29, 0.717) is 28.2 Å². The Labute approximate surface area is 392 Å². The van der Waals surface area contributed by atoms with E-state index in [4.69, 9.17) is 23.4 Å². The van der Waals surface area contributed by atoms with E-state index >= 15 is 0 Å². The Balaban J connectivity index is 0.00000640. The van der Waals surface area contributed by atoms with Crippen LogP contribution in [0.4, 0.5) is 0 Å². The van der Waals surface area contributed by atoms with E-state index in [9.17, 15) is 0 Å². The fourth-order valence-electron chi connectivity index (χ4n) is 7.80. The Hall–Kier alpha value is -6.55. The van der Waals surface area contributed by atoms with Crippen molar-refractivity contribution in [2.24, 2.45) is 0 Å². The zero-order valence-electron chi connectivity index (χ0n) is 44.9. The zero-order chi connectivity index (χ0) is 50.6. The van der Waals surface area contributed by atoms with E-state index in [1.165, 1.54) is 5.56 Å². The van der Waals surface area contributed by atoms with Crippen molar-refractivity contribution in [1.29, 1.82) is 0 Å². The summed E-state index contributed by atoms with van der Waals surface area (Å²) in [7, 11) is 0. The van der Waals surface area contributed by atoms with Gasteiger partial charge >= 0.3 is 0 Å². The van der Waals surface area contributed by atoms with E-state index in [-0.39, 0.29) is 59.8 Å². The van der Waals surface area contributed by atoms with Crippen LogP contribution in [0.3, 0.4) is 0 Å². The van der Waals surface area contributed by atoms with E-state index in [2.05, 4.69) is 88.8 Å². The molecule has 0 aliphatic heterocycles. The first-order chi connectivity index (χ1) is 33.6. The van der Waals surface area contributed by atoms with Gasteiger partial charge in [0.1, 0.15) is 5.82 Å². The molecule has 308 valence electrons. The maximum Gasteiger partial charge on any atom is 0.268 e. The molecule has 0 N–H and O–H groups in total. The van der Waals surface area contributed by atoms with Crippen LogP contribution in [0.25, 0.3) is 72.3 Å². The number of ether oxygens (including phenoxy) is 1. The maximum atomic E-state index is 9.01. The van der Waals surface area contributed by atoms with Gasteiger partial charge in [-0.15, -0.1) is 29.7 Å². The third-order valence-corrected chi connectivity index (χ3v) is 10.9. The molecule has 0 fully saturated rings. The number of nitrogens with zero attached hydrogens (tertiary/aromatic N) is 4. The topological polar surface area (TPSA) is 35.9 Å². The molecule has 10 rings (SSSR count). The minimum absolute atomic E-state index is 0. The fraction of sp³-hybridized carbons (Fsp3) is 0.143. The molecule has 0 radical (unpaired) electrons. The first kappa shape index (κ1) is 30.5. The maximum absolute atomic E-state index is 9.01. The third-order valence-electron chi connectivity index (χ3n) is 10.9. The third kappa shape index (κ3) is 7.45. The summed E-state index contributed by atoms with van der Waals surface area (Å²) < 4.78 is 99.1. The molecular formula is C56H46N4OPt-2. The summed E-state index contributed by atoms with van der Waals surface area (Å²) in [4.78, 5) is 4.86. The Morgan fingerprint density at radius 1 is 0.613 bits per heavy atom. The van der Waals surface area contributed by atoms with Gasteiger partial charge in [-0.3, -0.25) is 4.57 Å². The predicted octanol–water partition coefficient (Wildman–Crippen LogP) is 13.5. The largest absolute Gasteiger partial charge is 0.510 e. The molecule has 0 atom stereocenters. The van der Waals surface area contributed by atoms with E-state index < -0.39 is 60.4 Å². The van der Waals surface area contributed by atoms with Gasteiger partial charge in [-0.2, -0.15) is 18.2 Å². The second-order valence-electron chi connectivity index (χ2n) is 17.0. The number of hydrogen-bond acceptors (Lipinski definition) is 2. The van der Waals surface area contributed by atoms with Crippen LogP contribution < -0.4 is 9.30 Å². The minimum atomic E-state index is -0.571. The predicted molar refractivity (Wildman–Crippen MR) is 248 cm³/mol. The van der Waals surface area contributed by atoms with Crippen LogP contribution in [0.5, 0.6) is 11.5 Å². The Morgan fingerprint density at radius 2 is 1.26 bits per heavy atom. The average Bonchev–Trinajstić information content (AvgIpc) is 3.89. The molecule has 10 aromatic rings. The van der Waals surface area contributed by atoms with Gasteiger partial charge in [0.25, 0.3) is 6.33 Å². The van der Waals surface area contributed by atoms with Gasteiger partial charge in [0.05, 0.1) is 30.4 Å². The van der Waals surface area contributed by atoms with Crippen LogP contribution in [0.1, 0.15) is 66.4 Å².